The number of hydrogen-bond donors (Lipinski definition) is 0. The van der Waals surface area contributed by atoms with Gasteiger partial charge >= 0.3 is 5.97 Å². The molecule has 1 aromatic rings. The van der Waals surface area contributed by atoms with Crippen LogP contribution >= 0.6 is 11.6 Å². The first-order valence-corrected chi connectivity index (χ1v) is 5.57. The third-order valence-corrected chi connectivity index (χ3v) is 2.50. The van der Waals surface area contributed by atoms with Gasteiger partial charge in [-0.05, 0) is 18.6 Å². The molecule has 2 rings (SSSR count). The third-order valence-electron chi connectivity index (χ3n) is 2.30. The number of methoxy groups -OCH3 is 1. The number of hydrogen-bond acceptors (Lipinski definition) is 5. The highest BCUT2D eigenvalue weighted by molar-refractivity contribution is 6.29. The maximum absolute atomic E-state index is 11.4. The van der Waals surface area contributed by atoms with Gasteiger partial charge in [0.2, 0.25) is 6.29 Å². The van der Waals surface area contributed by atoms with Gasteiger partial charge in [-0.15, -0.1) is 0 Å². The first kappa shape index (κ1) is 12.3. The Kier molecular flexibility index (Phi) is 3.93. The van der Waals surface area contributed by atoms with E-state index in [1.165, 1.54) is 13.2 Å². The second-order valence-electron chi connectivity index (χ2n) is 3.52. The highest BCUT2D eigenvalue weighted by Gasteiger charge is 2.20. The molecule has 0 radical (unpaired) electrons. The zero-order valence-corrected chi connectivity index (χ0v) is 10.1. The predicted octanol–water partition coefficient (Wildman–Crippen LogP) is 1.96. The van der Waals surface area contributed by atoms with E-state index < -0.39 is 12.3 Å². The summed E-state index contributed by atoms with van der Waals surface area (Å²) in [4.78, 5) is 15.5. The fourth-order valence-electron chi connectivity index (χ4n) is 1.53. The van der Waals surface area contributed by atoms with Crippen molar-refractivity contribution >= 4 is 17.6 Å². The zero-order valence-electron chi connectivity index (χ0n) is 9.31. The summed E-state index contributed by atoms with van der Waals surface area (Å²) in [5, 5.41) is 0.209. The fourth-order valence-corrected chi connectivity index (χ4v) is 1.75. The molecule has 6 heteroatoms. The summed E-state index contributed by atoms with van der Waals surface area (Å²) in [6.45, 7) is 1.21. The Bertz CT molecular complexity index is 418. The van der Waals surface area contributed by atoms with E-state index in [4.69, 9.17) is 21.1 Å². The molecule has 1 saturated heterocycles. The van der Waals surface area contributed by atoms with Crippen molar-refractivity contribution < 1.29 is 19.0 Å². The van der Waals surface area contributed by atoms with E-state index in [0.717, 1.165) is 6.42 Å². The number of pyridine rings is 1. The van der Waals surface area contributed by atoms with Gasteiger partial charge in [-0.1, -0.05) is 11.6 Å². The molecule has 2 heterocycles. The lowest BCUT2D eigenvalue weighted by molar-refractivity contribution is -0.185. The molecule has 0 N–H and O–H groups in total. The van der Waals surface area contributed by atoms with Crippen LogP contribution in [0.4, 0.5) is 0 Å². The molecule has 1 aromatic heterocycles. The molecule has 17 heavy (non-hydrogen) atoms. The molecule has 0 spiro atoms. The highest BCUT2D eigenvalue weighted by Crippen LogP contribution is 2.24. The van der Waals surface area contributed by atoms with Crippen molar-refractivity contribution in [3.05, 3.63) is 28.5 Å². The van der Waals surface area contributed by atoms with Crippen LogP contribution in [0.5, 0.6) is 0 Å². The number of rotatable bonds is 2. The molecule has 1 aliphatic rings. The Morgan fingerprint density at radius 3 is 2.82 bits per heavy atom. The van der Waals surface area contributed by atoms with E-state index in [1.54, 1.807) is 6.07 Å². The van der Waals surface area contributed by atoms with Crippen molar-refractivity contribution in [3.63, 3.8) is 0 Å². The van der Waals surface area contributed by atoms with Gasteiger partial charge in [0.05, 0.1) is 31.6 Å². The van der Waals surface area contributed by atoms with Crippen LogP contribution in [0.3, 0.4) is 0 Å². The standard InChI is InChI=1S/C11H12ClNO4/c1-15-10(14)7-5-8(13-9(12)6-7)11-16-3-2-4-17-11/h5-6,11H,2-4H2,1H3. The average Bonchev–Trinajstić information content (AvgIpc) is 2.38. The van der Waals surface area contributed by atoms with Crippen LogP contribution in [0.25, 0.3) is 0 Å². The minimum Gasteiger partial charge on any atom is -0.465 e. The molecule has 0 amide bonds. The van der Waals surface area contributed by atoms with Crippen molar-refractivity contribution in [2.24, 2.45) is 0 Å². The minimum atomic E-state index is -0.564. The molecule has 0 aliphatic carbocycles. The normalized spacial score (nSPS) is 16.8. The Morgan fingerprint density at radius 1 is 1.47 bits per heavy atom. The van der Waals surface area contributed by atoms with Crippen LogP contribution in [0.1, 0.15) is 28.8 Å². The number of carbonyl (C=O) groups excluding carboxylic acids is 1. The van der Waals surface area contributed by atoms with Gasteiger partial charge in [-0.25, -0.2) is 9.78 Å². The summed E-state index contributed by atoms with van der Waals surface area (Å²) in [7, 11) is 1.31. The Labute approximate surface area is 104 Å². The molecular formula is C11H12ClNO4. The molecule has 0 unspecified atom stereocenters. The number of aromatic nitrogens is 1. The van der Waals surface area contributed by atoms with Gasteiger partial charge in [0, 0.05) is 0 Å². The smallest absolute Gasteiger partial charge is 0.338 e. The van der Waals surface area contributed by atoms with Crippen molar-refractivity contribution in [2.75, 3.05) is 20.3 Å². The first-order valence-electron chi connectivity index (χ1n) is 5.19. The lowest BCUT2D eigenvalue weighted by Gasteiger charge is -2.22. The quantitative estimate of drug-likeness (QED) is 0.599. The first-order chi connectivity index (χ1) is 8.20. The summed E-state index contributed by atoms with van der Waals surface area (Å²) in [6.07, 6.45) is 0.284. The van der Waals surface area contributed by atoms with E-state index in [1.807, 2.05) is 0 Å². The molecule has 1 aliphatic heterocycles. The number of ether oxygens (including phenoxy) is 3. The van der Waals surface area contributed by atoms with Crippen molar-refractivity contribution in [1.29, 1.82) is 0 Å². The lowest BCUT2D eigenvalue weighted by Crippen LogP contribution is -2.19. The second kappa shape index (κ2) is 5.44. The summed E-state index contributed by atoms with van der Waals surface area (Å²) >= 11 is 5.84. The van der Waals surface area contributed by atoms with E-state index in [0.29, 0.717) is 24.5 Å². The molecule has 0 saturated carbocycles. The van der Waals surface area contributed by atoms with Crippen LogP contribution < -0.4 is 0 Å². The van der Waals surface area contributed by atoms with Crippen molar-refractivity contribution in [2.45, 2.75) is 12.7 Å². The Hall–Kier alpha value is -1.17. The van der Waals surface area contributed by atoms with E-state index in [2.05, 4.69) is 9.72 Å². The monoisotopic (exact) mass is 257 g/mol. The van der Waals surface area contributed by atoms with Crippen LogP contribution in [0, 0.1) is 0 Å². The number of esters is 1. The third kappa shape index (κ3) is 2.94. The van der Waals surface area contributed by atoms with E-state index >= 15 is 0 Å². The predicted molar refractivity (Wildman–Crippen MR) is 59.8 cm³/mol. The summed E-state index contributed by atoms with van der Waals surface area (Å²) in [5.74, 6) is -0.466. The van der Waals surface area contributed by atoms with Crippen LogP contribution in [-0.2, 0) is 14.2 Å². The molecular weight excluding hydrogens is 246 g/mol. The molecule has 92 valence electrons. The largest absolute Gasteiger partial charge is 0.465 e. The molecule has 0 bridgehead atoms. The SMILES string of the molecule is COC(=O)c1cc(Cl)nc(C2OCCCO2)c1. The topological polar surface area (TPSA) is 57.7 Å². The molecule has 5 nitrogen and oxygen atoms in total. The van der Waals surface area contributed by atoms with Gasteiger partial charge < -0.3 is 14.2 Å². The van der Waals surface area contributed by atoms with Crippen molar-refractivity contribution in [3.8, 4) is 0 Å². The fraction of sp³-hybridized carbons (Fsp3) is 0.455. The van der Waals surface area contributed by atoms with Gasteiger partial charge in [0.25, 0.3) is 0 Å². The van der Waals surface area contributed by atoms with Crippen LogP contribution in [-0.4, -0.2) is 31.3 Å². The van der Waals surface area contributed by atoms with Gasteiger partial charge in [-0.3, -0.25) is 0 Å². The second-order valence-corrected chi connectivity index (χ2v) is 3.91. The summed E-state index contributed by atoms with van der Waals surface area (Å²) in [6, 6.07) is 3.01. The van der Waals surface area contributed by atoms with Crippen molar-refractivity contribution in [1.82, 2.24) is 4.98 Å². The Morgan fingerprint density at radius 2 is 2.18 bits per heavy atom. The minimum absolute atomic E-state index is 0.209. The van der Waals surface area contributed by atoms with Gasteiger partial charge in [0.1, 0.15) is 5.15 Å². The van der Waals surface area contributed by atoms with Gasteiger partial charge in [-0.2, -0.15) is 0 Å². The average molecular weight is 258 g/mol. The maximum Gasteiger partial charge on any atom is 0.338 e. The number of halogens is 1. The zero-order chi connectivity index (χ0) is 12.3. The number of carbonyl (C=O) groups is 1. The van der Waals surface area contributed by atoms with Crippen LogP contribution in [0.15, 0.2) is 12.1 Å². The van der Waals surface area contributed by atoms with E-state index in [-0.39, 0.29) is 5.15 Å². The van der Waals surface area contributed by atoms with Gasteiger partial charge in [0.15, 0.2) is 0 Å². The highest BCUT2D eigenvalue weighted by atomic mass is 35.5. The Balaban J connectivity index is 2.27. The van der Waals surface area contributed by atoms with Crippen LogP contribution in [0.2, 0.25) is 5.15 Å². The summed E-state index contributed by atoms with van der Waals surface area (Å²) in [5.41, 5.74) is 0.817. The molecule has 0 atom stereocenters. The van der Waals surface area contributed by atoms with E-state index in [9.17, 15) is 4.79 Å². The number of nitrogens with zero attached hydrogens (tertiary/aromatic N) is 1. The maximum atomic E-state index is 11.4. The summed E-state index contributed by atoms with van der Waals surface area (Å²) < 4.78 is 15.4. The molecule has 1 fully saturated rings. The molecule has 0 aromatic carbocycles. The lowest BCUT2D eigenvalue weighted by atomic mass is 10.2.